The Kier molecular flexibility index (Phi) is 3.65. The monoisotopic (exact) mass is 214 g/mol. The standard InChI is InChI=1S/C9H14N2O4/c1-3-15-9(14)8(13)11-5-4-10-7(12)6(11)2/h6H,3-5H2,1-2H3,(H,10,12). The van der Waals surface area contributed by atoms with Crippen molar-refractivity contribution in [2.45, 2.75) is 19.9 Å². The average Bonchev–Trinajstić information content (AvgIpc) is 2.21. The number of piperazine rings is 1. The van der Waals surface area contributed by atoms with Crippen LogP contribution in [0, 0.1) is 0 Å². The molecule has 1 N–H and O–H groups in total. The maximum absolute atomic E-state index is 11.5. The lowest BCUT2D eigenvalue weighted by Gasteiger charge is -2.31. The quantitative estimate of drug-likeness (QED) is 0.444. The van der Waals surface area contributed by atoms with Gasteiger partial charge in [0, 0.05) is 13.1 Å². The van der Waals surface area contributed by atoms with E-state index < -0.39 is 17.9 Å². The molecule has 1 aliphatic heterocycles. The molecule has 0 aromatic heterocycles. The highest BCUT2D eigenvalue weighted by Crippen LogP contribution is 2.04. The summed E-state index contributed by atoms with van der Waals surface area (Å²) in [7, 11) is 0. The van der Waals surface area contributed by atoms with Crippen LogP contribution >= 0.6 is 0 Å². The van der Waals surface area contributed by atoms with Crippen LogP contribution in [-0.2, 0) is 19.1 Å². The predicted octanol–water partition coefficient (Wildman–Crippen LogP) is -1.10. The normalized spacial score (nSPS) is 20.8. The number of carbonyl (C=O) groups excluding carboxylic acids is 3. The second-order valence-corrected chi connectivity index (χ2v) is 3.19. The van der Waals surface area contributed by atoms with Crippen molar-refractivity contribution in [3.63, 3.8) is 0 Å². The van der Waals surface area contributed by atoms with Gasteiger partial charge in [0.25, 0.3) is 0 Å². The first-order valence-electron chi connectivity index (χ1n) is 4.83. The fourth-order valence-corrected chi connectivity index (χ4v) is 1.37. The lowest BCUT2D eigenvalue weighted by atomic mass is 10.2. The summed E-state index contributed by atoms with van der Waals surface area (Å²) in [5.74, 6) is -1.91. The van der Waals surface area contributed by atoms with Crippen LogP contribution in [-0.4, -0.2) is 48.4 Å². The summed E-state index contributed by atoms with van der Waals surface area (Å²) in [6.45, 7) is 4.06. The number of amides is 2. The van der Waals surface area contributed by atoms with Crippen LogP contribution in [0.2, 0.25) is 0 Å². The van der Waals surface area contributed by atoms with Crippen LogP contribution in [0.4, 0.5) is 0 Å². The number of carbonyl (C=O) groups is 3. The largest absolute Gasteiger partial charge is 0.459 e. The summed E-state index contributed by atoms with van der Waals surface area (Å²) in [5, 5.41) is 2.60. The SMILES string of the molecule is CCOC(=O)C(=O)N1CCNC(=O)C1C. The van der Waals surface area contributed by atoms with Crippen molar-refractivity contribution in [2.75, 3.05) is 19.7 Å². The van der Waals surface area contributed by atoms with Crippen LogP contribution in [0.25, 0.3) is 0 Å². The maximum Gasteiger partial charge on any atom is 0.397 e. The molecule has 0 aromatic rings. The zero-order valence-corrected chi connectivity index (χ0v) is 8.78. The van der Waals surface area contributed by atoms with Crippen LogP contribution in [0.3, 0.4) is 0 Å². The van der Waals surface area contributed by atoms with Gasteiger partial charge < -0.3 is 15.0 Å². The van der Waals surface area contributed by atoms with E-state index in [1.165, 1.54) is 4.90 Å². The molecular weight excluding hydrogens is 200 g/mol. The van der Waals surface area contributed by atoms with Crippen molar-refractivity contribution in [3.8, 4) is 0 Å². The van der Waals surface area contributed by atoms with Crippen molar-refractivity contribution in [1.29, 1.82) is 0 Å². The van der Waals surface area contributed by atoms with Gasteiger partial charge in [-0.25, -0.2) is 4.79 Å². The first-order valence-corrected chi connectivity index (χ1v) is 4.83. The Morgan fingerprint density at radius 3 is 2.87 bits per heavy atom. The fourth-order valence-electron chi connectivity index (χ4n) is 1.37. The third-order valence-corrected chi connectivity index (χ3v) is 2.21. The number of nitrogens with one attached hydrogen (secondary N) is 1. The molecule has 1 unspecified atom stereocenters. The second kappa shape index (κ2) is 4.77. The number of nitrogens with zero attached hydrogens (tertiary/aromatic N) is 1. The van der Waals surface area contributed by atoms with Crippen molar-refractivity contribution < 1.29 is 19.1 Å². The van der Waals surface area contributed by atoms with Crippen molar-refractivity contribution >= 4 is 17.8 Å². The Morgan fingerprint density at radius 1 is 1.60 bits per heavy atom. The third-order valence-electron chi connectivity index (χ3n) is 2.21. The Labute approximate surface area is 87.6 Å². The highest BCUT2D eigenvalue weighted by Gasteiger charge is 2.33. The van der Waals surface area contributed by atoms with E-state index in [0.29, 0.717) is 13.1 Å². The van der Waals surface area contributed by atoms with Crippen molar-refractivity contribution in [1.82, 2.24) is 10.2 Å². The molecule has 15 heavy (non-hydrogen) atoms. The minimum absolute atomic E-state index is 0.152. The zero-order chi connectivity index (χ0) is 11.4. The van der Waals surface area contributed by atoms with Gasteiger partial charge in [0.05, 0.1) is 6.61 Å². The molecule has 6 nitrogen and oxygen atoms in total. The van der Waals surface area contributed by atoms with Crippen LogP contribution in [0.5, 0.6) is 0 Å². The van der Waals surface area contributed by atoms with Crippen LogP contribution < -0.4 is 5.32 Å². The smallest absolute Gasteiger partial charge is 0.397 e. The second-order valence-electron chi connectivity index (χ2n) is 3.19. The highest BCUT2D eigenvalue weighted by atomic mass is 16.5. The molecule has 0 aliphatic carbocycles. The summed E-state index contributed by atoms with van der Waals surface area (Å²) >= 11 is 0. The van der Waals surface area contributed by atoms with Gasteiger partial charge in [-0.3, -0.25) is 9.59 Å². The molecule has 0 radical (unpaired) electrons. The Morgan fingerprint density at radius 2 is 2.27 bits per heavy atom. The fraction of sp³-hybridized carbons (Fsp3) is 0.667. The lowest BCUT2D eigenvalue weighted by Crippen LogP contribution is -2.57. The van der Waals surface area contributed by atoms with E-state index in [0.717, 1.165) is 0 Å². The Hall–Kier alpha value is -1.59. The highest BCUT2D eigenvalue weighted by molar-refractivity contribution is 6.32. The Bertz CT molecular complexity index is 290. The van der Waals surface area contributed by atoms with Gasteiger partial charge in [-0.15, -0.1) is 0 Å². The molecule has 2 amide bonds. The van der Waals surface area contributed by atoms with Gasteiger partial charge in [-0.2, -0.15) is 0 Å². The van der Waals surface area contributed by atoms with E-state index in [1.54, 1.807) is 13.8 Å². The van der Waals surface area contributed by atoms with Gasteiger partial charge in [0.1, 0.15) is 6.04 Å². The lowest BCUT2D eigenvalue weighted by molar-refractivity contribution is -0.162. The summed E-state index contributed by atoms with van der Waals surface area (Å²) in [6.07, 6.45) is 0. The zero-order valence-electron chi connectivity index (χ0n) is 8.78. The van der Waals surface area contributed by atoms with Crippen LogP contribution in [0.15, 0.2) is 0 Å². The number of rotatable bonds is 1. The summed E-state index contributed by atoms with van der Waals surface area (Å²) in [4.78, 5) is 35.1. The molecule has 0 saturated carbocycles. The molecule has 1 atom stereocenters. The number of hydrogen-bond acceptors (Lipinski definition) is 4. The minimum Gasteiger partial charge on any atom is -0.459 e. The topological polar surface area (TPSA) is 75.7 Å². The summed E-state index contributed by atoms with van der Waals surface area (Å²) < 4.78 is 4.58. The molecule has 1 rings (SSSR count). The van der Waals surface area contributed by atoms with E-state index >= 15 is 0 Å². The van der Waals surface area contributed by atoms with Gasteiger partial charge in [-0.1, -0.05) is 0 Å². The van der Waals surface area contributed by atoms with E-state index in [9.17, 15) is 14.4 Å². The van der Waals surface area contributed by atoms with Crippen molar-refractivity contribution in [3.05, 3.63) is 0 Å². The summed E-state index contributed by atoms with van der Waals surface area (Å²) in [6, 6.07) is -0.615. The molecule has 84 valence electrons. The molecular formula is C9H14N2O4. The minimum atomic E-state index is -0.904. The number of hydrogen-bond donors (Lipinski definition) is 1. The van der Waals surface area contributed by atoms with E-state index in [2.05, 4.69) is 10.1 Å². The van der Waals surface area contributed by atoms with Crippen LogP contribution in [0.1, 0.15) is 13.8 Å². The number of ether oxygens (including phenoxy) is 1. The van der Waals surface area contributed by atoms with Gasteiger partial charge in [0.2, 0.25) is 5.91 Å². The molecule has 1 fully saturated rings. The van der Waals surface area contributed by atoms with Crippen molar-refractivity contribution in [2.24, 2.45) is 0 Å². The first kappa shape index (κ1) is 11.5. The van der Waals surface area contributed by atoms with Gasteiger partial charge >= 0.3 is 11.9 Å². The van der Waals surface area contributed by atoms with Gasteiger partial charge in [-0.05, 0) is 13.8 Å². The van der Waals surface area contributed by atoms with E-state index in [4.69, 9.17) is 0 Å². The van der Waals surface area contributed by atoms with E-state index in [1.807, 2.05) is 0 Å². The predicted molar refractivity (Wildman–Crippen MR) is 50.8 cm³/mol. The van der Waals surface area contributed by atoms with E-state index in [-0.39, 0.29) is 12.5 Å². The molecule has 1 heterocycles. The third kappa shape index (κ3) is 2.45. The molecule has 0 aromatic carbocycles. The molecule has 0 bridgehead atoms. The maximum atomic E-state index is 11.5. The first-order chi connectivity index (χ1) is 7.07. The van der Waals surface area contributed by atoms with Gasteiger partial charge in [0.15, 0.2) is 0 Å². The molecule has 0 spiro atoms. The molecule has 6 heteroatoms. The molecule has 1 saturated heterocycles. The average molecular weight is 214 g/mol. The summed E-state index contributed by atoms with van der Waals surface area (Å²) in [5.41, 5.74) is 0. The number of esters is 1. The molecule has 1 aliphatic rings. The Balaban J connectivity index is 2.66.